The van der Waals surface area contributed by atoms with Crippen LogP contribution >= 0.6 is 22.7 Å². The summed E-state index contributed by atoms with van der Waals surface area (Å²) in [4.78, 5) is 19.7. The Morgan fingerprint density at radius 2 is 1.81 bits per heavy atom. The van der Waals surface area contributed by atoms with Crippen LogP contribution in [0.15, 0.2) is 42.5 Å². The maximum atomic E-state index is 13.4. The molecule has 5 rings (SSSR count). The van der Waals surface area contributed by atoms with Gasteiger partial charge < -0.3 is 14.8 Å². The molecule has 1 aliphatic carbocycles. The van der Waals surface area contributed by atoms with E-state index in [1.54, 1.807) is 49.0 Å². The molecule has 0 radical (unpaired) electrons. The van der Waals surface area contributed by atoms with Gasteiger partial charge >= 0.3 is 0 Å². The molecule has 2 aromatic carbocycles. The molecule has 2 aromatic heterocycles. The molecule has 0 saturated heterocycles. The summed E-state index contributed by atoms with van der Waals surface area (Å²) in [6, 6.07) is 13.5. The molecule has 1 N–H and O–H groups in total. The van der Waals surface area contributed by atoms with Crippen LogP contribution in [-0.4, -0.2) is 25.1 Å². The average Bonchev–Trinajstić information content (AvgIpc) is 3.38. The van der Waals surface area contributed by atoms with E-state index in [-0.39, 0.29) is 5.91 Å². The summed E-state index contributed by atoms with van der Waals surface area (Å²) in [7, 11) is 3.12. The zero-order valence-electron chi connectivity index (χ0n) is 18.2. The lowest BCUT2D eigenvalue weighted by Gasteiger charge is -2.18. The van der Waals surface area contributed by atoms with Gasteiger partial charge in [0.25, 0.3) is 5.91 Å². The van der Waals surface area contributed by atoms with E-state index in [0.29, 0.717) is 23.0 Å². The van der Waals surface area contributed by atoms with E-state index in [2.05, 4.69) is 18.3 Å². The van der Waals surface area contributed by atoms with Crippen molar-refractivity contribution in [2.75, 3.05) is 19.5 Å². The Balaban J connectivity index is 1.61. The standard InChI is InChI=1S/C25H24N2O3S2/c1-14-11-12-15-20(13-14)32-25(21(15)24-26-16-7-4-5-10-19(16)31-24)27-23(28)22-17(29-2)8-6-9-18(22)30-3/h4-10,14H,11-13H2,1-3H3,(H,27,28)/t14-/m0/s1. The van der Waals surface area contributed by atoms with Gasteiger partial charge in [0.2, 0.25) is 0 Å². The Morgan fingerprint density at radius 3 is 2.53 bits per heavy atom. The first-order valence-corrected chi connectivity index (χ1v) is 12.2. The number of aromatic nitrogens is 1. The number of amides is 1. The maximum Gasteiger partial charge on any atom is 0.263 e. The number of ether oxygens (including phenoxy) is 2. The number of nitrogens with zero attached hydrogens (tertiary/aromatic N) is 1. The fourth-order valence-electron chi connectivity index (χ4n) is 4.28. The number of thiazole rings is 1. The second kappa shape index (κ2) is 8.56. The molecule has 164 valence electrons. The molecule has 1 atom stereocenters. The average molecular weight is 465 g/mol. The summed E-state index contributed by atoms with van der Waals surface area (Å²) in [6.07, 6.45) is 3.19. The Bertz CT molecular complexity index is 1250. The quantitative estimate of drug-likeness (QED) is 0.370. The fourth-order valence-corrected chi connectivity index (χ4v) is 6.80. The molecular formula is C25H24N2O3S2. The largest absolute Gasteiger partial charge is 0.496 e. The first kappa shape index (κ1) is 21.0. The second-order valence-corrected chi connectivity index (χ2v) is 10.2. The van der Waals surface area contributed by atoms with E-state index in [1.165, 1.54) is 10.4 Å². The van der Waals surface area contributed by atoms with Crippen LogP contribution in [0.3, 0.4) is 0 Å². The number of nitrogens with one attached hydrogen (secondary N) is 1. The number of hydrogen-bond donors (Lipinski definition) is 1. The molecule has 4 aromatic rings. The topological polar surface area (TPSA) is 60.5 Å². The minimum Gasteiger partial charge on any atom is -0.496 e. The molecule has 0 spiro atoms. The number of methoxy groups -OCH3 is 2. The third-order valence-corrected chi connectivity index (χ3v) is 8.13. The minimum atomic E-state index is -0.242. The number of hydrogen-bond acceptors (Lipinski definition) is 6. The van der Waals surface area contributed by atoms with Crippen LogP contribution in [0.2, 0.25) is 0 Å². The van der Waals surface area contributed by atoms with Gasteiger partial charge in [0.1, 0.15) is 27.1 Å². The first-order chi connectivity index (χ1) is 15.6. The Labute approximate surface area is 195 Å². The Kier molecular flexibility index (Phi) is 5.61. The highest BCUT2D eigenvalue weighted by atomic mass is 32.1. The lowest BCUT2D eigenvalue weighted by atomic mass is 9.88. The minimum absolute atomic E-state index is 0.242. The predicted octanol–water partition coefficient (Wildman–Crippen LogP) is 6.42. The van der Waals surface area contributed by atoms with Crippen LogP contribution in [0.25, 0.3) is 20.8 Å². The number of benzene rings is 2. The zero-order chi connectivity index (χ0) is 22.2. The second-order valence-electron chi connectivity index (χ2n) is 8.03. The van der Waals surface area contributed by atoms with Crippen molar-refractivity contribution in [1.29, 1.82) is 0 Å². The summed E-state index contributed by atoms with van der Waals surface area (Å²) in [5.74, 6) is 1.37. The number of fused-ring (bicyclic) bond motifs is 2. The highest BCUT2D eigenvalue weighted by Crippen LogP contribution is 2.47. The molecule has 0 fully saturated rings. The van der Waals surface area contributed by atoms with E-state index in [1.807, 2.05) is 24.3 Å². The molecule has 0 aliphatic heterocycles. The SMILES string of the molecule is COc1cccc(OC)c1C(=O)Nc1sc2c(c1-c1nc3ccccc3s1)CC[C@H](C)C2. The molecule has 7 heteroatoms. The van der Waals surface area contributed by atoms with Gasteiger partial charge in [-0.15, -0.1) is 22.7 Å². The highest BCUT2D eigenvalue weighted by Gasteiger charge is 2.28. The van der Waals surface area contributed by atoms with Crippen LogP contribution in [-0.2, 0) is 12.8 Å². The van der Waals surface area contributed by atoms with E-state index in [9.17, 15) is 4.79 Å². The van der Waals surface area contributed by atoms with Gasteiger partial charge in [0, 0.05) is 10.4 Å². The number of para-hydroxylation sites is 1. The summed E-state index contributed by atoms with van der Waals surface area (Å²) >= 11 is 3.35. The molecule has 1 aliphatic rings. The summed E-state index contributed by atoms with van der Waals surface area (Å²) in [5.41, 5.74) is 3.78. The van der Waals surface area contributed by atoms with Gasteiger partial charge in [-0.3, -0.25) is 4.79 Å². The molecule has 2 heterocycles. The van der Waals surface area contributed by atoms with Crippen molar-refractivity contribution in [1.82, 2.24) is 4.98 Å². The van der Waals surface area contributed by atoms with Crippen LogP contribution in [0.4, 0.5) is 5.00 Å². The van der Waals surface area contributed by atoms with Crippen LogP contribution < -0.4 is 14.8 Å². The van der Waals surface area contributed by atoms with Gasteiger partial charge in [0.15, 0.2) is 0 Å². The van der Waals surface area contributed by atoms with Gasteiger partial charge in [-0.05, 0) is 55.0 Å². The van der Waals surface area contributed by atoms with Crippen molar-refractivity contribution in [2.45, 2.75) is 26.2 Å². The fraction of sp³-hybridized carbons (Fsp3) is 0.280. The normalized spacial score (nSPS) is 15.4. The molecule has 5 nitrogen and oxygen atoms in total. The maximum absolute atomic E-state index is 13.4. The first-order valence-electron chi connectivity index (χ1n) is 10.6. The van der Waals surface area contributed by atoms with E-state index in [4.69, 9.17) is 14.5 Å². The number of rotatable bonds is 5. The van der Waals surface area contributed by atoms with Crippen molar-refractivity contribution in [3.8, 4) is 22.1 Å². The van der Waals surface area contributed by atoms with Gasteiger partial charge in [-0.1, -0.05) is 25.1 Å². The van der Waals surface area contributed by atoms with E-state index < -0.39 is 0 Å². The van der Waals surface area contributed by atoms with Crippen molar-refractivity contribution in [3.05, 3.63) is 58.5 Å². The Morgan fingerprint density at radius 1 is 1.06 bits per heavy atom. The predicted molar refractivity (Wildman–Crippen MR) is 132 cm³/mol. The summed E-state index contributed by atoms with van der Waals surface area (Å²) in [6.45, 7) is 2.29. The van der Waals surface area contributed by atoms with Crippen LogP contribution in [0.1, 0.15) is 34.1 Å². The van der Waals surface area contributed by atoms with Crippen molar-refractivity contribution >= 4 is 43.8 Å². The lowest BCUT2D eigenvalue weighted by Crippen LogP contribution is -2.14. The number of thiophene rings is 1. The number of carbonyl (C=O) groups is 1. The number of anilines is 1. The van der Waals surface area contributed by atoms with Crippen molar-refractivity contribution < 1.29 is 14.3 Å². The molecule has 32 heavy (non-hydrogen) atoms. The zero-order valence-corrected chi connectivity index (χ0v) is 19.9. The Hall–Kier alpha value is -2.90. The highest BCUT2D eigenvalue weighted by molar-refractivity contribution is 7.23. The van der Waals surface area contributed by atoms with Crippen molar-refractivity contribution in [2.24, 2.45) is 5.92 Å². The summed E-state index contributed by atoms with van der Waals surface area (Å²) < 4.78 is 12.0. The third kappa shape index (κ3) is 3.65. The number of carbonyl (C=O) groups excluding carboxylic acids is 1. The molecule has 0 bridgehead atoms. The van der Waals surface area contributed by atoms with E-state index in [0.717, 1.165) is 45.1 Å². The third-order valence-electron chi connectivity index (χ3n) is 5.90. The van der Waals surface area contributed by atoms with Crippen LogP contribution in [0.5, 0.6) is 11.5 Å². The molecule has 1 amide bonds. The van der Waals surface area contributed by atoms with Crippen LogP contribution in [0, 0.1) is 5.92 Å². The molecule has 0 unspecified atom stereocenters. The van der Waals surface area contributed by atoms with Gasteiger partial charge in [-0.25, -0.2) is 4.98 Å². The van der Waals surface area contributed by atoms with E-state index >= 15 is 0 Å². The molecular weight excluding hydrogens is 440 g/mol. The molecule has 0 saturated carbocycles. The van der Waals surface area contributed by atoms with Gasteiger partial charge in [0.05, 0.1) is 24.4 Å². The van der Waals surface area contributed by atoms with Gasteiger partial charge in [-0.2, -0.15) is 0 Å². The summed E-state index contributed by atoms with van der Waals surface area (Å²) in [5, 5.41) is 4.98. The lowest BCUT2D eigenvalue weighted by molar-refractivity contribution is 0.102. The van der Waals surface area contributed by atoms with Crippen molar-refractivity contribution in [3.63, 3.8) is 0 Å². The monoisotopic (exact) mass is 464 g/mol. The smallest absolute Gasteiger partial charge is 0.263 e.